The van der Waals surface area contributed by atoms with Gasteiger partial charge in [-0.3, -0.25) is 14.5 Å². The fourth-order valence-corrected chi connectivity index (χ4v) is 4.27. The van der Waals surface area contributed by atoms with E-state index in [9.17, 15) is 9.59 Å². The van der Waals surface area contributed by atoms with Gasteiger partial charge in [-0.15, -0.1) is 11.6 Å². The van der Waals surface area contributed by atoms with E-state index in [1.807, 2.05) is 68.4 Å². The second-order valence-electron chi connectivity index (χ2n) is 7.96. The highest BCUT2D eigenvalue weighted by Crippen LogP contribution is 2.32. The van der Waals surface area contributed by atoms with E-state index < -0.39 is 10.8 Å². The van der Waals surface area contributed by atoms with Crippen LogP contribution in [0.15, 0.2) is 54.6 Å². The molecule has 168 valence electrons. The van der Waals surface area contributed by atoms with E-state index >= 15 is 0 Å². The molecule has 0 aliphatic rings. The highest BCUT2D eigenvalue weighted by Gasteiger charge is 2.42. The van der Waals surface area contributed by atoms with Gasteiger partial charge in [0, 0.05) is 25.0 Å². The standard InChI is InChI=1S/C24H31ClN2O3S/c1-17(2)15-24(31,16-25)23(29)27(19-8-6-5-7-9-19)21(22(28)26-3)14-18-10-12-20(30-4)13-11-18/h5-13,17,21,31H,14-16H2,1-4H3,(H,26,28)/t21-,24?/m0/s1. The Balaban J connectivity index is 2.53. The Labute approximate surface area is 195 Å². The molecule has 0 spiro atoms. The molecule has 2 aromatic rings. The number of halogens is 1. The number of nitrogens with zero attached hydrogens (tertiary/aromatic N) is 1. The molecule has 2 aromatic carbocycles. The minimum Gasteiger partial charge on any atom is -0.497 e. The largest absolute Gasteiger partial charge is 0.497 e. The number of carbonyl (C=O) groups excluding carboxylic acids is 2. The first-order chi connectivity index (χ1) is 14.8. The minimum atomic E-state index is -1.10. The summed E-state index contributed by atoms with van der Waals surface area (Å²) < 4.78 is 4.13. The molecule has 1 unspecified atom stereocenters. The fourth-order valence-electron chi connectivity index (χ4n) is 3.58. The van der Waals surface area contributed by atoms with Crippen LogP contribution in [-0.4, -0.2) is 42.6 Å². The van der Waals surface area contributed by atoms with Gasteiger partial charge in [0.15, 0.2) is 0 Å². The Bertz CT molecular complexity index is 861. The summed E-state index contributed by atoms with van der Waals surface area (Å²) in [7, 11) is 3.17. The Morgan fingerprint density at radius 3 is 2.23 bits per heavy atom. The number of benzene rings is 2. The van der Waals surface area contributed by atoms with Crippen molar-refractivity contribution < 1.29 is 14.3 Å². The van der Waals surface area contributed by atoms with Crippen molar-refractivity contribution in [2.24, 2.45) is 5.92 Å². The van der Waals surface area contributed by atoms with E-state index in [-0.39, 0.29) is 23.6 Å². The lowest BCUT2D eigenvalue weighted by Gasteiger charge is -2.37. The predicted octanol–water partition coefficient (Wildman–Crippen LogP) is 4.34. The molecule has 0 fully saturated rings. The topological polar surface area (TPSA) is 58.6 Å². The summed E-state index contributed by atoms with van der Waals surface area (Å²) in [4.78, 5) is 28.4. The maximum absolute atomic E-state index is 13.8. The Hall–Kier alpha value is -2.18. The number of rotatable bonds is 10. The summed E-state index contributed by atoms with van der Waals surface area (Å²) in [6, 6.07) is 15.9. The first-order valence-electron chi connectivity index (χ1n) is 10.3. The average Bonchev–Trinajstić information content (AvgIpc) is 2.78. The van der Waals surface area contributed by atoms with Gasteiger partial charge in [0.1, 0.15) is 16.5 Å². The lowest BCUT2D eigenvalue weighted by molar-refractivity contribution is -0.127. The number of nitrogens with one attached hydrogen (secondary N) is 1. The number of amides is 2. The van der Waals surface area contributed by atoms with Gasteiger partial charge in [0.25, 0.3) is 0 Å². The maximum Gasteiger partial charge on any atom is 0.244 e. The van der Waals surface area contributed by atoms with Crippen LogP contribution in [-0.2, 0) is 16.0 Å². The van der Waals surface area contributed by atoms with Crippen LogP contribution in [0.25, 0.3) is 0 Å². The molecule has 31 heavy (non-hydrogen) atoms. The van der Waals surface area contributed by atoms with Gasteiger partial charge < -0.3 is 10.1 Å². The van der Waals surface area contributed by atoms with E-state index in [4.69, 9.17) is 29.0 Å². The van der Waals surface area contributed by atoms with Crippen LogP contribution < -0.4 is 15.0 Å². The molecule has 0 radical (unpaired) electrons. The fraction of sp³-hybridized carbons (Fsp3) is 0.417. The summed E-state index contributed by atoms with van der Waals surface area (Å²) in [5.41, 5.74) is 1.53. The van der Waals surface area contributed by atoms with E-state index in [2.05, 4.69) is 5.32 Å². The molecule has 0 saturated heterocycles. The molecule has 5 nitrogen and oxygen atoms in total. The molecule has 0 heterocycles. The number of anilines is 1. The number of hydrogen-bond donors (Lipinski definition) is 2. The molecular formula is C24H31ClN2O3S. The SMILES string of the molecule is CNC(=O)[C@H](Cc1ccc(OC)cc1)N(C(=O)C(S)(CCl)CC(C)C)c1ccccc1. The van der Waals surface area contributed by atoms with Crippen LogP contribution in [0, 0.1) is 5.92 Å². The van der Waals surface area contributed by atoms with Crippen molar-refractivity contribution in [1.29, 1.82) is 0 Å². The van der Waals surface area contributed by atoms with Gasteiger partial charge in [-0.05, 0) is 42.2 Å². The predicted molar refractivity (Wildman–Crippen MR) is 130 cm³/mol. The third-order valence-electron chi connectivity index (χ3n) is 5.07. The Kier molecular flexibility index (Phi) is 9.26. The molecule has 2 atom stereocenters. The van der Waals surface area contributed by atoms with Crippen LogP contribution in [0.5, 0.6) is 5.75 Å². The number of hydrogen-bond acceptors (Lipinski definition) is 4. The number of ether oxygens (including phenoxy) is 1. The second kappa shape index (κ2) is 11.4. The van der Waals surface area contributed by atoms with Gasteiger partial charge in [0.2, 0.25) is 11.8 Å². The molecule has 0 aliphatic heterocycles. The van der Waals surface area contributed by atoms with Crippen molar-refractivity contribution in [3.05, 3.63) is 60.2 Å². The van der Waals surface area contributed by atoms with Crippen molar-refractivity contribution >= 4 is 41.7 Å². The smallest absolute Gasteiger partial charge is 0.244 e. The van der Waals surface area contributed by atoms with Crippen LogP contribution in [0.3, 0.4) is 0 Å². The summed E-state index contributed by atoms with van der Waals surface area (Å²) in [6.45, 7) is 4.04. The number of thiol groups is 1. The van der Waals surface area contributed by atoms with E-state index in [1.165, 1.54) is 0 Å². The lowest BCUT2D eigenvalue weighted by Crippen LogP contribution is -2.57. The Morgan fingerprint density at radius 1 is 1.13 bits per heavy atom. The molecule has 0 saturated carbocycles. The third kappa shape index (κ3) is 6.40. The zero-order chi connectivity index (χ0) is 23.0. The zero-order valence-corrected chi connectivity index (χ0v) is 20.1. The van der Waals surface area contributed by atoms with Crippen LogP contribution >= 0.6 is 24.2 Å². The van der Waals surface area contributed by atoms with Gasteiger partial charge in [-0.25, -0.2) is 0 Å². The van der Waals surface area contributed by atoms with Crippen molar-refractivity contribution in [2.75, 3.05) is 24.9 Å². The number of para-hydroxylation sites is 1. The zero-order valence-electron chi connectivity index (χ0n) is 18.5. The quantitative estimate of drug-likeness (QED) is 0.408. The third-order valence-corrected chi connectivity index (χ3v) is 6.24. The number of carbonyl (C=O) groups is 2. The molecular weight excluding hydrogens is 432 g/mol. The van der Waals surface area contributed by atoms with Gasteiger partial charge >= 0.3 is 0 Å². The normalized spacial score (nSPS) is 13.9. The molecule has 0 aliphatic carbocycles. The number of alkyl halides is 1. The molecule has 2 amide bonds. The highest BCUT2D eigenvalue weighted by molar-refractivity contribution is 7.83. The minimum absolute atomic E-state index is 0.0411. The first-order valence-corrected chi connectivity index (χ1v) is 11.3. The Morgan fingerprint density at radius 2 is 1.74 bits per heavy atom. The molecule has 2 rings (SSSR count). The van der Waals surface area contributed by atoms with Crippen molar-refractivity contribution in [3.63, 3.8) is 0 Å². The van der Waals surface area contributed by atoms with Crippen LogP contribution in [0.1, 0.15) is 25.8 Å². The lowest BCUT2D eigenvalue weighted by atomic mass is 9.94. The van der Waals surface area contributed by atoms with Gasteiger partial charge in [-0.1, -0.05) is 44.2 Å². The summed E-state index contributed by atoms with van der Waals surface area (Å²) >= 11 is 11.0. The van der Waals surface area contributed by atoms with E-state index in [0.29, 0.717) is 18.5 Å². The summed E-state index contributed by atoms with van der Waals surface area (Å²) in [6.07, 6.45) is 0.822. The first kappa shape index (κ1) is 25.1. The molecule has 7 heteroatoms. The number of likely N-dealkylation sites (N-methyl/N-ethyl adjacent to an activating group) is 1. The van der Waals surface area contributed by atoms with E-state index in [1.54, 1.807) is 19.1 Å². The average molecular weight is 463 g/mol. The van der Waals surface area contributed by atoms with Gasteiger partial charge in [-0.2, -0.15) is 12.6 Å². The number of methoxy groups -OCH3 is 1. The monoisotopic (exact) mass is 462 g/mol. The highest BCUT2D eigenvalue weighted by atomic mass is 35.5. The van der Waals surface area contributed by atoms with E-state index in [0.717, 1.165) is 11.3 Å². The van der Waals surface area contributed by atoms with Crippen LogP contribution in [0.4, 0.5) is 5.69 Å². The van der Waals surface area contributed by atoms with Crippen LogP contribution in [0.2, 0.25) is 0 Å². The van der Waals surface area contributed by atoms with Crippen molar-refractivity contribution in [3.8, 4) is 5.75 Å². The second-order valence-corrected chi connectivity index (χ2v) is 9.08. The maximum atomic E-state index is 13.8. The van der Waals surface area contributed by atoms with Crippen molar-refractivity contribution in [2.45, 2.75) is 37.5 Å². The molecule has 0 bridgehead atoms. The molecule has 0 aromatic heterocycles. The summed E-state index contributed by atoms with van der Waals surface area (Å²) in [5, 5.41) is 2.71. The van der Waals surface area contributed by atoms with Gasteiger partial charge in [0.05, 0.1) is 7.11 Å². The summed E-state index contributed by atoms with van der Waals surface area (Å²) in [5.74, 6) is 0.428. The van der Waals surface area contributed by atoms with Crippen molar-refractivity contribution in [1.82, 2.24) is 5.32 Å². The molecule has 1 N–H and O–H groups in total.